The topological polar surface area (TPSA) is 84.4 Å². The molecule has 1 aliphatic rings. The molecular formula is C27H23FN6O2. The van der Waals surface area contributed by atoms with Crippen molar-refractivity contribution in [3.05, 3.63) is 107 Å². The number of hydrogen-bond acceptors (Lipinski definition) is 6. The van der Waals surface area contributed by atoms with Gasteiger partial charge in [0.1, 0.15) is 11.5 Å². The Labute approximate surface area is 207 Å². The number of aromatic nitrogens is 2. The predicted octanol–water partition coefficient (Wildman–Crippen LogP) is 6.28. The molecule has 0 bridgehead atoms. The summed E-state index contributed by atoms with van der Waals surface area (Å²) in [5.74, 6) is -0.606. The van der Waals surface area contributed by atoms with Gasteiger partial charge in [0.2, 0.25) is 18.0 Å². The number of azo groups is 1. The third-order valence-electron chi connectivity index (χ3n) is 5.77. The SMILES string of the molecule is CC(=O)N1N=C(c2ccc(N=Nc3c(C)nn(-c4ccccc4)c3C)cc2)OC1c1ccccc1F. The number of hydrazone groups is 1. The van der Waals surface area contributed by atoms with Crippen LogP contribution in [-0.2, 0) is 9.53 Å². The zero-order valence-corrected chi connectivity index (χ0v) is 20.0. The Hall–Kier alpha value is -4.66. The van der Waals surface area contributed by atoms with Crippen molar-refractivity contribution in [2.75, 3.05) is 0 Å². The van der Waals surface area contributed by atoms with Crippen molar-refractivity contribution in [3.63, 3.8) is 0 Å². The van der Waals surface area contributed by atoms with Crippen LogP contribution in [0.25, 0.3) is 5.69 Å². The Balaban J connectivity index is 1.36. The number of para-hydroxylation sites is 1. The van der Waals surface area contributed by atoms with Crippen LogP contribution < -0.4 is 0 Å². The monoisotopic (exact) mass is 482 g/mol. The average Bonchev–Trinajstić information content (AvgIpc) is 3.45. The number of carbonyl (C=O) groups is 1. The first kappa shape index (κ1) is 23.1. The molecule has 4 aromatic rings. The number of halogens is 1. The second-order valence-corrected chi connectivity index (χ2v) is 8.27. The summed E-state index contributed by atoms with van der Waals surface area (Å²) < 4.78 is 22.1. The number of carbonyl (C=O) groups excluding carboxylic acids is 1. The van der Waals surface area contributed by atoms with Gasteiger partial charge < -0.3 is 4.74 Å². The van der Waals surface area contributed by atoms with Crippen molar-refractivity contribution in [2.24, 2.45) is 15.3 Å². The normalized spacial score (nSPS) is 15.3. The van der Waals surface area contributed by atoms with Crippen LogP contribution in [0.1, 0.15) is 35.7 Å². The van der Waals surface area contributed by atoms with Gasteiger partial charge in [0.05, 0.1) is 28.3 Å². The highest BCUT2D eigenvalue weighted by Gasteiger charge is 2.34. The molecule has 1 atom stereocenters. The minimum atomic E-state index is -0.967. The van der Waals surface area contributed by atoms with E-state index in [0.717, 1.165) is 22.1 Å². The summed E-state index contributed by atoms with van der Waals surface area (Å²) in [6.07, 6.45) is -0.967. The smallest absolute Gasteiger partial charge is 0.243 e. The summed E-state index contributed by atoms with van der Waals surface area (Å²) in [7, 11) is 0. The van der Waals surface area contributed by atoms with E-state index in [4.69, 9.17) is 4.74 Å². The van der Waals surface area contributed by atoms with E-state index in [2.05, 4.69) is 20.4 Å². The summed E-state index contributed by atoms with van der Waals surface area (Å²) >= 11 is 0. The zero-order chi connectivity index (χ0) is 25.2. The molecule has 3 aromatic carbocycles. The Bertz CT molecular complexity index is 1480. The maximum absolute atomic E-state index is 14.3. The van der Waals surface area contributed by atoms with Gasteiger partial charge in [0.25, 0.3) is 0 Å². The van der Waals surface area contributed by atoms with Gasteiger partial charge in [-0.2, -0.15) is 15.2 Å². The fraction of sp³-hybridized carbons (Fsp3) is 0.148. The first-order chi connectivity index (χ1) is 17.4. The van der Waals surface area contributed by atoms with E-state index in [0.29, 0.717) is 16.9 Å². The van der Waals surface area contributed by atoms with Gasteiger partial charge in [-0.25, -0.2) is 9.07 Å². The molecule has 1 aromatic heterocycles. The van der Waals surface area contributed by atoms with Gasteiger partial charge in [-0.05, 0) is 56.3 Å². The van der Waals surface area contributed by atoms with E-state index in [1.54, 1.807) is 42.5 Å². The molecule has 8 nitrogen and oxygen atoms in total. The Morgan fingerprint density at radius 1 is 0.944 bits per heavy atom. The third kappa shape index (κ3) is 4.38. The molecule has 180 valence electrons. The molecule has 36 heavy (non-hydrogen) atoms. The van der Waals surface area contributed by atoms with Crippen LogP contribution in [0.3, 0.4) is 0 Å². The van der Waals surface area contributed by atoms with E-state index in [9.17, 15) is 9.18 Å². The van der Waals surface area contributed by atoms with Gasteiger partial charge in [-0.15, -0.1) is 10.2 Å². The highest BCUT2D eigenvalue weighted by Crippen LogP contribution is 2.32. The maximum atomic E-state index is 14.3. The first-order valence-electron chi connectivity index (χ1n) is 11.4. The summed E-state index contributed by atoms with van der Waals surface area (Å²) in [6.45, 7) is 5.20. The molecule has 0 N–H and O–H groups in total. The van der Waals surface area contributed by atoms with Gasteiger partial charge in [-0.3, -0.25) is 4.79 Å². The number of benzene rings is 3. The Kier molecular flexibility index (Phi) is 6.12. The van der Waals surface area contributed by atoms with E-state index in [-0.39, 0.29) is 17.4 Å². The number of nitrogens with zero attached hydrogens (tertiary/aromatic N) is 6. The molecular weight excluding hydrogens is 459 g/mol. The minimum absolute atomic E-state index is 0.220. The lowest BCUT2D eigenvalue weighted by Gasteiger charge is -2.19. The Morgan fingerprint density at radius 2 is 1.64 bits per heavy atom. The number of rotatable bonds is 5. The third-order valence-corrected chi connectivity index (χ3v) is 5.77. The second-order valence-electron chi connectivity index (χ2n) is 8.27. The van der Waals surface area contributed by atoms with E-state index < -0.39 is 12.0 Å². The second kappa shape index (κ2) is 9.53. The number of amides is 1. The predicted molar refractivity (Wildman–Crippen MR) is 133 cm³/mol. The number of aryl methyl sites for hydroxylation is 1. The fourth-order valence-corrected chi connectivity index (χ4v) is 3.94. The van der Waals surface area contributed by atoms with Crippen LogP contribution in [-0.4, -0.2) is 26.6 Å². The fourth-order valence-electron chi connectivity index (χ4n) is 3.94. The molecule has 1 amide bonds. The standard InChI is InChI=1S/C27H23FN6O2/c1-17-25(18(2)33(31-17)22-9-5-4-6-10-22)30-29-21-15-13-20(14-16-21)26-32-34(19(3)35)27(36-26)23-11-7-8-12-24(23)28/h4-16,27H,1-3H3. The lowest BCUT2D eigenvalue weighted by Crippen LogP contribution is -2.26. The van der Waals surface area contributed by atoms with Crippen LogP contribution >= 0.6 is 0 Å². The molecule has 0 radical (unpaired) electrons. The summed E-state index contributed by atoms with van der Waals surface area (Å²) in [6, 6.07) is 23.1. The van der Waals surface area contributed by atoms with Crippen molar-refractivity contribution in [1.29, 1.82) is 0 Å². The molecule has 9 heteroatoms. The summed E-state index contributed by atoms with van der Waals surface area (Å²) in [4.78, 5) is 12.1. The van der Waals surface area contributed by atoms with Gasteiger partial charge >= 0.3 is 0 Å². The highest BCUT2D eigenvalue weighted by molar-refractivity contribution is 5.96. The zero-order valence-electron chi connectivity index (χ0n) is 20.0. The maximum Gasteiger partial charge on any atom is 0.243 e. The van der Waals surface area contributed by atoms with Crippen molar-refractivity contribution < 1.29 is 13.9 Å². The number of ether oxygens (including phenoxy) is 1. The molecule has 2 heterocycles. The molecule has 0 saturated heterocycles. The van der Waals surface area contributed by atoms with Crippen molar-refractivity contribution >= 4 is 23.2 Å². The van der Waals surface area contributed by atoms with E-state index in [1.807, 2.05) is 48.9 Å². The van der Waals surface area contributed by atoms with Gasteiger partial charge in [-0.1, -0.05) is 36.4 Å². The van der Waals surface area contributed by atoms with E-state index >= 15 is 0 Å². The molecule has 0 fully saturated rings. The van der Waals surface area contributed by atoms with Crippen LogP contribution in [0.4, 0.5) is 15.8 Å². The van der Waals surface area contributed by atoms with Crippen LogP contribution in [0.5, 0.6) is 0 Å². The molecule has 5 rings (SSSR count). The van der Waals surface area contributed by atoms with Gasteiger partial charge in [0.15, 0.2) is 0 Å². The molecule has 0 aliphatic carbocycles. The largest absolute Gasteiger partial charge is 0.446 e. The van der Waals surface area contributed by atoms with Crippen molar-refractivity contribution in [2.45, 2.75) is 27.0 Å². The first-order valence-corrected chi connectivity index (χ1v) is 11.4. The lowest BCUT2D eigenvalue weighted by molar-refractivity contribution is -0.135. The van der Waals surface area contributed by atoms with E-state index in [1.165, 1.54) is 13.0 Å². The molecule has 0 spiro atoms. The quantitative estimate of drug-likeness (QED) is 0.314. The molecule has 0 saturated carbocycles. The highest BCUT2D eigenvalue weighted by atomic mass is 19.1. The van der Waals surface area contributed by atoms with Crippen molar-refractivity contribution in [1.82, 2.24) is 14.8 Å². The van der Waals surface area contributed by atoms with Crippen LogP contribution in [0, 0.1) is 19.7 Å². The minimum Gasteiger partial charge on any atom is -0.446 e. The number of hydrogen-bond donors (Lipinski definition) is 0. The molecule has 1 unspecified atom stereocenters. The summed E-state index contributed by atoms with van der Waals surface area (Å²) in [5, 5.41) is 18.8. The lowest BCUT2D eigenvalue weighted by atomic mass is 10.1. The van der Waals surface area contributed by atoms with Crippen LogP contribution in [0.15, 0.2) is 94.2 Å². The van der Waals surface area contributed by atoms with Gasteiger partial charge in [0, 0.05) is 12.5 Å². The average molecular weight is 483 g/mol. The Morgan fingerprint density at radius 3 is 2.33 bits per heavy atom. The summed E-state index contributed by atoms with van der Waals surface area (Å²) in [5.41, 5.74) is 4.80. The molecule has 1 aliphatic heterocycles. The van der Waals surface area contributed by atoms with Crippen molar-refractivity contribution in [3.8, 4) is 5.69 Å². The van der Waals surface area contributed by atoms with Crippen LogP contribution in [0.2, 0.25) is 0 Å².